The number of carbonyl (C=O) groups is 3. The SMILES string of the molecule is CC(=O)CCC(=O)N1CCCN(C(=O)C23CC4CC(CC(C4)C2)C3)CC1. The zero-order valence-electron chi connectivity index (χ0n) is 16.0. The summed E-state index contributed by atoms with van der Waals surface area (Å²) in [6, 6.07) is 0. The van der Waals surface area contributed by atoms with Crippen LogP contribution in [0.3, 0.4) is 0 Å². The first kappa shape index (κ1) is 18.0. The molecule has 1 heterocycles. The summed E-state index contributed by atoms with van der Waals surface area (Å²) in [5.41, 5.74) is -0.0808. The van der Waals surface area contributed by atoms with E-state index in [1.807, 2.05) is 4.90 Å². The van der Waals surface area contributed by atoms with Crippen LogP contribution in [0, 0.1) is 23.2 Å². The molecule has 5 aliphatic rings. The van der Waals surface area contributed by atoms with Crippen LogP contribution in [0.2, 0.25) is 0 Å². The van der Waals surface area contributed by atoms with E-state index >= 15 is 0 Å². The number of hydrogen-bond donors (Lipinski definition) is 0. The van der Waals surface area contributed by atoms with Crippen molar-refractivity contribution in [3.05, 3.63) is 0 Å². The molecule has 0 unspecified atom stereocenters. The van der Waals surface area contributed by atoms with E-state index in [2.05, 4.69) is 4.90 Å². The molecule has 0 radical (unpaired) electrons. The van der Waals surface area contributed by atoms with Crippen LogP contribution in [-0.2, 0) is 14.4 Å². The molecule has 0 aromatic heterocycles. The lowest BCUT2D eigenvalue weighted by atomic mass is 9.49. The van der Waals surface area contributed by atoms with Gasteiger partial charge in [-0.3, -0.25) is 9.59 Å². The Kier molecular flexibility index (Phi) is 4.83. The first-order valence-electron chi connectivity index (χ1n) is 10.5. The monoisotopic (exact) mass is 360 g/mol. The summed E-state index contributed by atoms with van der Waals surface area (Å²) < 4.78 is 0. The maximum atomic E-state index is 13.5. The number of amides is 2. The van der Waals surface area contributed by atoms with Crippen molar-refractivity contribution in [1.82, 2.24) is 9.80 Å². The fourth-order valence-electron chi connectivity index (χ4n) is 6.52. The molecule has 0 aromatic rings. The van der Waals surface area contributed by atoms with Crippen LogP contribution in [0.1, 0.15) is 64.7 Å². The molecule has 4 saturated carbocycles. The van der Waals surface area contributed by atoms with Gasteiger partial charge in [0, 0.05) is 39.0 Å². The smallest absolute Gasteiger partial charge is 0.228 e. The van der Waals surface area contributed by atoms with Crippen molar-refractivity contribution in [2.75, 3.05) is 26.2 Å². The predicted molar refractivity (Wildman–Crippen MR) is 98.3 cm³/mol. The minimum absolute atomic E-state index is 0.0595. The molecular weight excluding hydrogens is 328 g/mol. The van der Waals surface area contributed by atoms with Gasteiger partial charge in [-0.05, 0) is 69.6 Å². The predicted octanol–water partition coefficient (Wildman–Crippen LogP) is 2.63. The lowest BCUT2D eigenvalue weighted by molar-refractivity contribution is -0.157. The maximum Gasteiger partial charge on any atom is 0.228 e. The van der Waals surface area contributed by atoms with Gasteiger partial charge in [-0.2, -0.15) is 0 Å². The number of nitrogens with zero attached hydrogens (tertiary/aromatic N) is 2. The van der Waals surface area contributed by atoms with E-state index in [0.717, 1.165) is 50.0 Å². The Hall–Kier alpha value is -1.39. The van der Waals surface area contributed by atoms with Crippen molar-refractivity contribution in [1.29, 1.82) is 0 Å². The molecule has 5 rings (SSSR count). The average Bonchev–Trinajstić information content (AvgIpc) is 2.84. The van der Waals surface area contributed by atoms with Crippen LogP contribution in [0.5, 0.6) is 0 Å². The van der Waals surface area contributed by atoms with Crippen LogP contribution in [0.4, 0.5) is 0 Å². The summed E-state index contributed by atoms with van der Waals surface area (Å²) >= 11 is 0. The largest absolute Gasteiger partial charge is 0.341 e. The highest BCUT2D eigenvalue weighted by atomic mass is 16.2. The third-order valence-electron chi connectivity index (χ3n) is 7.32. The minimum Gasteiger partial charge on any atom is -0.341 e. The van der Waals surface area contributed by atoms with E-state index in [-0.39, 0.29) is 17.1 Å². The minimum atomic E-state index is -0.0808. The van der Waals surface area contributed by atoms with Crippen molar-refractivity contribution in [3.8, 4) is 0 Å². The molecule has 1 aliphatic heterocycles. The zero-order valence-corrected chi connectivity index (χ0v) is 16.0. The van der Waals surface area contributed by atoms with Crippen LogP contribution in [-0.4, -0.2) is 53.6 Å². The van der Waals surface area contributed by atoms with Crippen molar-refractivity contribution in [3.63, 3.8) is 0 Å². The lowest BCUT2D eigenvalue weighted by Gasteiger charge is -2.56. The fraction of sp³-hybridized carbons (Fsp3) is 0.857. The Morgan fingerprint density at radius 2 is 1.35 bits per heavy atom. The Morgan fingerprint density at radius 1 is 0.808 bits per heavy atom. The van der Waals surface area contributed by atoms with E-state index in [0.29, 0.717) is 38.4 Å². The lowest BCUT2D eigenvalue weighted by Crippen LogP contribution is -2.55. The normalized spacial score (nSPS) is 36.1. The molecule has 144 valence electrons. The number of ketones is 1. The number of hydrogen-bond acceptors (Lipinski definition) is 3. The van der Waals surface area contributed by atoms with Gasteiger partial charge in [0.1, 0.15) is 5.78 Å². The second-order valence-corrected chi connectivity index (χ2v) is 9.43. The highest BCUT2D eigenvalue weighted by Crippen LogP contribution is 2.60. The fourth-order valence-corrected chi connectivity index (χ4v) is 6.52. The van der Waals surface area contributed by atoms with E-state index in [1.165, 1.54) is 26.2 Å². The number of Topliss-reactive ketones (excluding diaryl/α,β-unsaturated/α-hetero) is 1. The van der Waals surface area contributed by atoms with Crippen LogP contribution < -0.4 is 0 Å². The molecule has 0 aromatic carbocycles. The molecule has 4 aliphatic carbocycles. The van der Waals surface area contributed by atoms with Gasteiger partial charge in [0.2, 0.25) is 11.8 Å². The van der Waals surface area contributed by atoms with Crippen LogP contribution in [0.15, 0.2) is 0 Å². The highest BCUT2D eigenvalue weighted by molar-refractivity contribution is 5.84. The van der Waals surface area contributed by atoms with Gasteiger partial charge in [0.05, 0.1) is 5.41 Å². The van der Waals surface area contributed by atoms with Crippen LogP contribution in [0.25, 0.3) is 0 Å². The number of carbonyl (C=O) groups excluding carboxylic acids is 3. The summed E-state index contributed by atoms with van der Waals surface area (Å²) in [5, 5.41) is 0. The molecule has 5 heteroatoms. The van der Waals surface area contributed by atoms with Crippen molar-refractivity contribution in [2.24, 2.45) is 23.2 Å². The quantitative estimate of drug-likeness (QED) is 0.774. The van der Waals surface area contributed by atoms with Crippen molar-refractivity contribution in [2.45, 2.75) is 64.7 Å². The second-order valence-electron chi connectivity index (χ2n) is 9.43. The third kappa shape index (κ3) is 3.41. The van der Waals surface area contributed by atoms with E-state index in [1.54, 1.807) is 0 Å². The van der Waals surface area contributed by atoms with Crippen molar-refractivity contribution >= 4 is 17.6 Å². The summed E-state index contributed by atoms with van der Waals surface area (Å²) in [7, 11) is 0. The Morgan fingerprint density at radius 3 is 1.92 bits per heavy atom. The number of rotatable bonds is 4. The van der Waals surface area contributed by atoms with Gasteiger partial charge in [-0.1, -0.05) is 0 Å². The molecule has 4 bridgehead atoms. The Balaban J connectivity index is 1.37. The first-order valence-corrected chi connectivity index (χ1v) is 10.5. The average molecular weight is 360 g/mol. The first-order chi connectivity index (χ1) is 12.4. The van der Waals surface area contributed by atoms with Crippen molar-refractivity contribution < 1.29 is 14.4 Å². The third-order valence-corrected chi connectivity index (χ3v) is 7.32. The second kappa shape index (κ2) is 6.97. The summed E-state index contributed by atoms with van der Waals surface area (Å²) in [4.78, 5) is 40.8. The zero-order chi connectivity index (χ0) is 18.3. The topological polar surface area (TPSA) is 57.7 Å². The molecule has 0 atom stereocenters. The highest BCUT2D eigenvalue weighted by Gasteiger charge is 2.55. The Labute approximate surface area is 156 Å². The standard InChI is InChI=1S/C21H32N2O3/c1-15(24)3-4-19(25)22-5-2-6-23(8-7-22)20(26)21-12-16-9-17(13-21)11-18(10-16)14-21/h16-18H,2-14H2,1H3. The van der Waals surface area contributed by atoms with E-state index in [4.69, 9.17) is 0 Å². The van der Waals surface area contributed by atoms with E-state index in [9.17, 15) is 14.4 Å². The van der Waals surface area contributed by atoms with E-state index < -0.39 is 0 Å². The van der Waals surface area contributed by atoms with Crippen LogP contribution >= 0.6 is 0 Å². The molecule has 5 nitrogen and oxygen atoms in total. The molecule has 5 fully saturated rings. The molecule has 1 saturated heterocycles. The van der Waals surface area contributed by atoms with Gasteiger partial charge < -0.3 is 14.6 Å². The Bertz CT molecular complexity index is 565. The molecule has 2 amide bonds. The van der Waals surface area contributed by atoms with Gasteiger partial charge in [0.15, 0.2) is 0 Å². The van der Waals surface area contributed by atoms with Gasteiger partial charge >= 0.3 is 0 Å². The molecule has 26 heavy (non-hydrogen) atoms. The van der Waals surface area contributed by atoms with Gasteiger partial charge in [-0.25, -0.2) is 0 Å². The molecule has 0 spiro atoms. The summed E-state index contributed by atoms with van der Waals surface area (Å²) in [5.74, 6) is 2.84. The van der Waals surface area contributed by atoms with Gasteiger partial charge in [0.25, 0.3) is 0 Å². The molecular formula is C21H32N2O3. The maximum absolute atomic E-state index is 13.5. The van der Waals surface area contributed by atoms with Gasteiger partial charge in [-0.15, -0.1) is 0 Å². The summed E-state index contributed by atoms with van der Waals surface area (Å²) in [6.07, 6.45) is 8.86. The summed E-state index contributed by atoms with van der Waals surface area (Å²) in [6.45, 7) is 4.29. The molecule has 0 N–H and O–H groups in total.